The lowest BCUT2D eigenvalue weighted by molar-refractivity contribution is 1.33. The van der Waals surface area contributed by atoms with Gasteiger partial charge in [-0.15, -0.1) is 0 Å². The van der Waals surface area contributed by atoms with Gasteiger partial charge in [-0.05, 0) is 42.8 Å². The second kappa shape index (κ2) is 4.28. The predicted molar refractivity (Wildman–Crippen MR) is 82.8 cm³/mol. The lowest BCUT2D eigenvalue weighted by Crippen LogP contribution is -1.92. The molecule has 3 rings (SSSR count). The molecule has 0 saturated carbocycles. The summed E-state index contributed by atoms with van der Waals surface area (Å²) in [7, 11) is 0. The molecule has 0 saturated heterocycles. The van der Waals surface area contributed by atoms with Crippen molar-refractivity contribution in [3.05, 3.63) is 40.4 Å². The number of rotatable bonds is 1. The predicted octanol–water partition coefficient (Wildman–Crippen LogP) is 3.47. The summed E-state index contributed by atoms with van der Waals surface area (Å²) in [5, 5.41) is 0. The van der Waals surface area contributed by atoms with Crippen LogP contribution < -0.4 is 11.5 Å². The number of benzene rings is 2. The van der Waals surface area contributed by atoms with E-state index in [0.29, 0.717) is 11.4 Å². The first-order valence-corrected chi connectivity index (χ1v) is 6.64. The number of hydrogen-bond donors (Lipinski definition) is 3. The van der Waals surface area contributed by atoms with Gasteiger partial charge in [-0.25, -0.2) is 4.98 Å². The van der Waals surface area contributed by atoms with E-state index < -0.39 is 0 Å². The molecule has 1 heterocycles. The zero-order chi connectivity index (χ0) is 13.6. The van der Waals surface area contributed by atoms with Gasteiger partial charge in [0.05, 0.1) is 11.0 Å². The summed E-state index contributed by atoms with van der Waals surface area (Å²) in [6, 6.07) is 9.50. The molecule has 1 aromatic heterocycles. The third-order valence-electron chi connectivity index (χ3n) is 2.99. The summed E-state index contributed by atoms with van der Waals surface area (Å²) in [6.45, 7) is 2.03. The van der Waals surface area contributed by atoms with E-state index in [-0.39, 0.29) is 0 Å². The molecule has 0 amide bonds. The van der Waals surface area contributed by atoms with Crippen LogP contribution in [0.25, 0.3) is 22.4 Å². The van der Waals surface area contributed by atoms with Crippen LogP contribution in [-0.2, 0) is 0 Å². The Hall–Kier alpha value is -2.01. The Morgan fingerprint density at radius 3 is 2.42 bits per heavy atom. The third-order valence-corrected chi connectivity index (χ3v) is 3.45. The lowest BCUT2D eigenvalue weighted by Gasteiger charge is -2.01. The molecule has 0 atom stereocenters. The number of H-pyrrole nitrogens is 1. The average Bonchev–Trinajstić information content (AvgIpc) is 2.71. The van der Waals surface area contributed by atoms with Crippen molar-refractivity contribution in [1.82, 2.24) is 9.97 Å². The number of aromatic amines is 1. The monoisotopic (exact) mass is 316 g/mol. The summed E-state index contributed by atoms with van der Waals surface area (Å²) in [4.78, 5) is 7.91. The van der Waals surface area contributed by atoms with Crippen LogP contribution in [-0.4, -0.2) is 9.97 Å². The minimum Gasteiger partial charge on any atom is -0.399 e. The molecule has 0 aliphatic carbocycles. The highest BCUT2D eigenvalue weighted by Crippen LogP contribution is 2.28. The minimum atomic E-state index is 0.633. The first-order chi connectivity index (χ1) is 9.02. The molecule has 5 heteroatoms. The quantitative estimate of drug-likeness (QED) is 0.601. The number of hydrogen-bond acceptors (Lipinski definition) is 3. The van der Waals surface area contributed by atoms with Gasteiger partial charge in [-0.1, -0.05) is 15.9 Å². The fraction of sp³-hybridized carbons (Fsp3) is 0.0714. The molecule has 3 aromatic rings. The third kappa shape index (κ3) is 2.17. The van der Waals surface area contributed by atoms with Crippen molar-refractivity contribution in [2.24, 2.45) is 0 Å². The first kappa shape index (κ1) is 12.0. The maximum absolute atomic E-state index is 5.82. The molecule has 5 N–H and O–H groups in total. The van der Waals surface area contributed by atoms with Crippen molar-refractivity contribution in [1.29, 1.82) is 0 Å². The van der Waals surface area contributed by atoms with E-state index in [0.717, 1.165) is 32.5 Å². The zero-order valence-corrected chi connectivity index (χ0v) is 12.0. The van der Waals surface area contributed by atoms with Gasteiger partial charge >= 0.3 is 0 Å². The molecular formula is C14H13BrN4. The highest BCUT2D eigenvalue weighted by Gasteiger charge is 2.09. The highest BCUT2D eigenvalue weighted by molar-refractivity contribution is 9.10. The number of fused-ring (bicyclic) bond motifs is 1. The molecular weight excluding hydrogens is 304 g/mol. The van der Waals surface area contributed by atoms with Crippen LogP contribution in [0.4, 0.5) is 11.4 Å². The van der Waals surface area contributed by atoms with E-state index in [4.69, 9.17) is 11.5 Å². The van der Waals surface area contributed by atoms with Crippen molar-refractivity contribution in [3.63, 3.8) is 0 Å². The van der Waals surface area contributed by atoms with Gasteiger partial charge in [0.25, 0.3) is 0 Å². The lowest BCUT2D eigenvalue weighted by atomic mass is 10.1. The Balaban J connectivity index is 2.23. The van der Waals surface area contributed by atoms with Crippen molar-refractivity contribution in [3.8, 4) is 11.4 Å². The van der Waals surface area contributed by atoms with Crippen LogP contribution in [0.3, 0.4) is 0 Å². The number of nitrogens with zero attached hydrogens (tertiary/aromatic N) is 1. The maximum Gasteiger partial charge on any atom is 0.138 e. The molecule has 0 radical (unpaired) electrons. The summed E-state index contributed by atoms with van der Waals surface area (Å²) in [5.74, 6) is 0.773. The number of aryl methyl sites for hydroxylation is 1. The van der Waals surface area contributed by atoms with Crippen LogP contribution in [0.15, 0.2) is 34.8 Å². The van der Waals surface area contributed by atoms with E-state index in [2.05, 4.69) is 25.9 Å². The maximum atomic E-state index is 5.82. The topological polar surface area (TPSA) is 80.7 Å². The molecule has 96 valence electrons. The Labute approximate surface area is 119 Å². The van der Waals surface area contributed by atoms with Gasteiger partial charge in [0.15, 0.2) is 0 Å². The number of anilines is 2. The number of halogens is 1. The molecule has 0 aliphatic rings. The fourth-order valence-electron chi connectivity index (χ4n) is 2.20. The van der Waals surface area contributed by atoms with E-state index in [1.54, 1.807) is 6.07 Å². The number of nitrogens with one attached hydrogen (secondary N) is 1. The molecule has 0 spiro atoms. The molecule has 0 unspecified atom stereocenters. The SMILES string of the molecule is Cc1cc(Br)cc2[nH]c(-c3cc(N)cc(N)c3)nc12. The number of aromatic nitrogens is 2. The van der Waals surface area contributed by atoms with Crippen molar-refractivity contribution in [2.75, 3.05) is 11.5 Å². The van der Waals surface area contributed by atoms with Gasteiger partial charge in [-0.3, -0.25) is 0 Å². The van der Waals surface area contributed by atoms with Crippen molar-refractivity contribution < 1.29 is 0 Å². The Kier molecular flexibility index (Phi) is 2.71. The number of imidazole rings is 1. The smallest absolute Gasteiger partial charge is 0.138 e. The normalized spacial score (nSPS) is 11.1. The number of nitrogens with two attached hydrogens (primary N) is 2. The van der Waals surface area contributed by atoms with Gasteiger partial charge in [0.2, 0.25) is 0 Å². The van der Waals surface area contributed by atoms with Crippen molar-refractivity contribution in [2.45, 2.75) is 6.92 Å². The average molecular weight is 317 g/mol. The van der Waals surface area contributed by atoms with Gasteiger partial charge < -0.3 is 16.5 Å². The molecule has 0 fully saturated rings. The van der Waals surface area contributed by atoms with Crippen LogP contribution in [0.5, 0.6) is 0 Å². The Bertz CT molecular complexity index is 756. The van der Waals surface area contributed by atoms with Gasteiger partial charge in [0, 0.05) is 21.4 Å². The fourth-order valence-corrected chi connectivity index (χ4v) is 2.77. The molecule has 4 nitrogen and oxygen atoms in total. The van der Waals surface area contributed by atoms with Crippen LogP contribution in [0.2, 0.25) is 0 Å². The van der Waals surface area contributed by atoms with Gasteiger partial charge in [-0.2, -0.15) is 0 Å². The largest absolute Gasteiger partial charge is 0.399 e. The van der Waals surface area contributed by atoms with Crippen LogP contribution >= 0.6 is 15.9 Å². The van der Waals surface area contributed by atoms with E-state index in [1.165, 1.54) is 0 Å². The van der Waals surface area contributed by atoms with E-state index >= 15 is 0 Å². The molecule has 19 heavy (non-hydrogen) atoms. The van der Waals surface area contributed by atoms with Crippen LogP contribution in [0, 0.1) is 6.92 Å². The molecule has 0 aliphatic heterocycles. The summed E-state index contributed by atoms with van der Waals surface area (Å²) >= 11 is 3.48. The highest BCUT2D eigenvalue weighted by atomic mass is 79.9. The minimum absolute atomic E-state index is 0.633. The zero-order valence-electron chi connectivity index (χ0n) is 10.4. The molecule has 2 aromatic carbocycles. The summed E-state index contributed by atoms with van der Waals surface area (Å²) in [5.41, 5.74) is 16.9. The summed E-state index contributed by atoms with van der Waals surface area (Å²) < 4.78 is 1.03. The molecule has 0 bridgehead atoms. The first-order valence-electron chi connectivity index (χ1n) is 5.85. The summed E-state index contributed by atoms with van der Waals surface area (Å²) in [6.07, 6.45) is 0. The Morgan fingerprint density at radius 1 is 1.05 bits per heavy atom. The van der Waals surface area contributed by atoms with E-state index in [1.807, 2.05) is 31.2 Å². The Morgan fingerprint density at radius 2 is 1.74 bits per heavy atom. The second-order valence-corrected chi connectivity index (χ2v) is 5.51. The van der Waals surface area contributed by atoms with E-state index in [9.17, 15) is 0 Å². The van der Waals surface area contributed by atoms with Crippen LogP contribution in [0.1, 0.15) is 5.56 Å². The number of nitrogen functional groups attached to an aromatic ring is 2. The standard InChI is InChI=1S/C14H13BrN4/c1-7-2-9(15)5-12-13(7)19-14(18-12)8-3-10(16)6-11(17)4-8/h2-6H,16-17H2,1H3,(H,18,19). The van der Waals surface area contributed by atoms with Crippen molar-refractivity contribution >= 4 is 38.3 Å². The van der Waals surface area contributed by atoms with Gasteiger partial charge in [0.1, 0.15) is 5.82 Å². The second-order valence-electron chi connectivity index (χ2n) is 4.59.